The summed E-state index contributed by atoms with van der Waals surface area (Å²) in [7, 11) is 0. The second-order valence-corrected chi connectivity index (χ2v) is 3.45. The lowest BCUT2D eigenvalue weighted by Crippen LogP contribution is -2.18. The van der Waals surface area contributed by atoms with Crippen molar-refractivity contribution < 1.29 is 9.90 Å². The molecule has 0 bridgehead atoms. The van der Waals surface area contributed by atoms with Crippen LogP contribution in [0.2, 0.25) is 0 Å². The van der Waals surface area contributed by atoms with Gasteiger partial charge in [-0.05, 0) is 24.3 Å². The standard InChI is InChI=1S/C7H8N2O2.C3H6N6/c8-7(11)9-5-1-3-6(10)4-2-5;4-1-7-2(5)9-3(6)8-1/h1-4,10H,(H3,8,9,11);(H6,4,5,6,7,8,9). The monoisotopic (exact) mass is 278 g/mol. The molecule has 0 aliphatic heterocycles. The van der Waals surface area contributed by atoms with Crippen LogP contribution in [0, 0.1) is 0 Å². The number of aromatic nitrogens is 3. The quantitative estimate of drug-likeness (QED) is 0.376. The number of carbonyl (C=O) groups excluding carboxylic acids is 1. The topological polar surface area (TPSA) is 192 Å². The van der Waals surface area contributed by atoms with Crippen molar-refractivity contribution >= 4 is 29.6 Å². The molecule has 0 aliphatic rings. The number of anilines is 4. The molecule has 0 saturated carbocycles. The summed E-state index contributed by atoms with van der Waals surface area (Å²) in [5.74, 6) is 0.278. The van der Waals surface area contributed by atoms with E-state index < -0.39 is 6.03 Å². The highest BCUT2D eigenvalue weighted by molar-refractivity contribution is 5.87. The molecular weight excluding hydrogens is 264 g/mol. The number of aromatic hydroxyl groups is 1. The lowest BCUT2D eigenvalue weighted by Gasteiger charge is -1.99. The van der Waals surface area contributed by atoms with E-state index in [0.29, 0.717) is 5.69 Å². The van der Waals surface area contributed by atoms with Crippen molar-refractivity contribution in [3.63, 3.8) is 0 Å². The minimum atomic E-state index is -0.615. The van der Waals surface area contributed by atoms with Crippen molar-refractivity contribution in [2.75, 3.05) is 22.5 Å². The van der Waals surface area contributed by atoms with E-state index in [0.717, 1.165) is 0 Å². The maximum absolute atomic E-state index is 10.3. The van der Waals surface area contributed by atoms with Gasteiger partial charge in [-0.3, -0.25) is 0 Å². The van der Waals surface area contributed by atoms with Crippen LogP contribution in [0.1, 0.15) is 0 Å². The number of nitrogens with zero attached hydrogens (tertiary/aromatic N) is 3. The molecule has 0 unspecified atom stereocenters. The summed E-state index contributed by atoms with van der Waals surface area (Å²) in [6, 6.07) is 5.42. The van der Waals surface area contributed by atoms with Crippen LogP contribution in [0.4, 0.5) is 28.3 Å². The van der Waals surface area contributed by atoms with Crippen molar-refractivity contribution in [3.8, 4) is 5.75 Å². The molecule has 10 nitrogen and oxygen atoms in total. The maximum Gasteiger partial charge on any atom is 0.316 e. The lowest BCUT2D eigenvalue weighted by molar-refractivity contribution is 0.259. The molecule has 20 heavy (non-hydrogen) atoms. The van der Waals surface area contributed by atoms with Crippen LogP contribution >= 0.6 is 0 Å². The van der Waals surface area contributed by atoms with Gasteiger partial charge in [0.1, 0.15) is 5.75 Å². The van der Waals surface area contributed by atoms with Gasteiger partial charge in [0.05, 0.1) is 0 Å². The van der Waals surface area contributed by atoms with Crippen LogP contribution in [0.15, 0.2) is 24.3 Å². The van der Waals surface area contributed by atoms with Gasteiger partial charge < -0.3 is 33.4 Å². The van der Waals surface area contributed by atoms with Crippen LogP contribution in [0.25, 0.3) is 0 Å². The fourth-order valence-electron chi connectivity index (χ4n) is 1.11. The van der Waals surface area contributed by atoms with E-state index in [1.54, 1.807) is 12.1 Å². The Morgan fingerprint density at radius 1 is 0.950 bits per heavy atom. The number of nitrogens with one attached hydrogen (secondary N) is 1. The summed E-state index contributed by atoms with van der Waals surface area (Å²) in [5.41, 5.74) is 20.8. The number of amides is 2. The van der Waals surface area contributed by atoms with Crippen molar-refractivity contribution in [1.29, 1.82) is 0 Å². The first-order valence-corrected chi connectivity index (χ1v) is 5.25. The van der Waals surface area contributed by atoms with E-state index in [-0.39, 0.29) is 23.6 Å². The minimum Gasteiger partial charge on any atom is -0.508 e. The largest absolute Gasteiger partial charge is 0.508 e. The van der Waals surface area contributed by atoms with E-state index in [1.807, 2.05) is 0 Å². The normalized spacial score (nSPS) is 9.20. The first kappa shape index (κ1) is 14.8. The van der Waals surface area contributed by atoms with Gasteiger partial charge in [0.15, 0.2) is 0 Å². The van der Waals surface area contributed by atoms with Gasteiger partial charge in [0, 0.05) is 5.69 Å². The molecule has 0 saturated heterocycles. The van der Waals surface area contributed by atoms with Crippen molar-refractivity contribution in [2.24, 2.45) is 5.73 Å². The third kappa shape index (κ3) is 5.35. The predicted molar refractivity (Wildman–Crippen MR) is 74.4 cm³/mol. The average molecular weight is 278 g/mol. The Labute approximate surface area is 113 Å². The average Bonchev–Trinajstić information content (AvgIpc) is 2.30. The number of carbonyl (C=O) groups is 1. The number of nitrogens with two attached hydrogens (primary N) is 4. The number of phenolic OH excluding ortho intramolecular Hbond substituents is 1. The third-order valence-corrected chi connectivity index (χ3v) is 1.82. The highest BCUT2D eigenvalue weighted by atomic mass is 16.3. The molecular formula is C10H14N8O2. The van der Waals surface area contributed by atoms with Gasteiger partial charge in [0.25, 0.3) is 0 Å². The number of urea groups is 1. The summed E-state index contributed by atoms with van der Waals surface area (Å²) in [6.45, 7) is 0. The number of nitrogen functional groups attached to an aromatic ring is 3. The van der Waals surface area contributed by atoms with E-state index in [9.17, 15) is 4.79 Å². The van der Waals surface area contributed by atoms with E-state index in [4.69, 9.17) is 28.0 Å². The molecule has 1 heterocycles. The van der Waals surface area contributed by atoms with Crippen molar-refractivity contribution in [3.05, 3.63) is 24.3 Å². The highest BCUT2D eigenvalue weighted by Gasteiger charge is 1.94. The van der Waals surface area contributed by atoms with Crippen LogP contribution in [-0.4, -0.2) is 26.1 Å². The summed E-state index contributed by atoms with van der Waals surface area (Å²) in [4.78, 5) is 20.8. The second-order valence-electron chi connectivity index (χ2n) is 3.45. The number of primary amides is 1. The predicted octanol–water partition coefficient (Wildman–Crippen LogP) is -0.499. The Balaban J connectivity index is 0.000000204. The Bertz CT molecular complexity index is 536. The Morgan fingerprint density at radius 2 is 1.35 bits per heavy atom. The lowest BCUT2D eigenvalue weighted by atomic mass is 10.3. The number of benzene rings is 1. The van der Waals surface area contributed by atoms with Crippen LogP contribution < -0.4 is 28.3 Å². The zero-order chi connectivity index (χ0) is 15.1. The van der Waals surface area contributed by atoms with Gasteiger partial charge in [-0.1, -0.05) is 0 Å². The number of rotatable bonds is 1. The number of phenols is 1. The first-order chi connectivity index (χ1) is 9.36. The highest BCUT2D eigenvalue weighted by Crippen LogP contribution is 2.12. The molecule has 0 atom stereocenters. The fourth-order valence-corrected chi connectivity index (χ4v) is 1.11. The number of hydrogen-bond acceptors (Lipinski definition) is 8. The Kier molecular flexibility index (Phi) is 4.86. The zero-order valence-corrected chi connectivity index (χ0v) is 10.3. The summed E-state index contributed by atoms with van der Waals surface area (Å²) in [5, 5.41) is 11.2. The molecule has 0 radical (unpaired) electrons. The smallest absolute Gasteiger partial charge is 0.316 e. The summed E-state index contributed by atoms with van der Waals surface area (Å²) >= 11 is 0. The molecule has 10 heteroatoms. The van der Waals surface area contributed by atoms with Gasteiger partial charge in [-0.15, -0.1) is 0 Å². The van der Waals surface area contributed by atoms with E-state index in [2.05, 4.69) is 20.3 Å². The van der Waals surface area contributed by atoms with Gasteiger partial charge in [-0.2, -0.15) is 15.0 Å². The molecule has 1 aromatic carbocycles. The molecule has 10 N–H and O–H groups in total. The van der Waals surface area contributed by atoms with E-state index in [1.165, 1.54) is 12.1 Å². The second kappa shape index (κ2) is 6.58. The Morgan fingerprint density at radius 3 is 1.70 bits per heavy atom. The molecule has 0 spiro atoms. The van der Waals surface area contributed by atoms with Crippen molar-refractivity contribution in [2.45, 2.75) is 0 Å². The molecule has 0 aliphatic carbocycles. The first-order valence-electron chi connectivity index (χ1n) is 5.25. The molecule has 2 amide bonds. The molecule has 2 rings (SSSR count). The zero-order valence-electron chi connectivity index (χ0n) is 10.3. The van der Waals surface area contributed by atoms with Crippen LogP contribution in [0.3, 0.4) is 0 Å². The molecule has 0 fully saturated rings. The van der Waals surface area contributed by atoms with Gasteiger partial charge in [-0.25, -0.2) is 4.79 Å². The molecule has 1 aromatic heterocycles. The summed E-state index contributed by atoms with van der Waals surface area (Å²) < 4.78 is 0. The molecule has 106 valence electrons. The third-order valence-electron chi connectivity index (χ3n) is 1.82. The summed E-state index contributed by atoms with van der Waals surface area (Å²) in [6.07, 6.45) is 0. The van der Waals surface area contributed by atoms with Crippen LogP contribution in [0.5, 0.6) is 5.75 Å². The van der Waals surface area contributed by atoms with Gasteiger partial charge >= 0.3 is 6.03 Å². The Hall–Kier alpha value is -3.30. The molecule has 2 aromatic rings. The number of hydrogen-bond donors (Lipinski definition) is 6. The SMILES string of the molecule is NC(=O)Nc1ccc(O)cc1.Nc1nc(N)nc(N)n1. The minimum absolute atomic E-state index is 0.0417. The van der Waals surface area contributed by atoms with E-state index >= 15 is 0 Å². The van der Waals surface area contributed by atoms with Crippen molar-refractivity contribution in [1.82, 2.24) is 15.0 Å². The fraction of sp³-hybridized carbons (Fsp3) is 0. The van der Waals surface area contributed by atoms with Gasteiger partial charge in [0.2, 0.25) is 17.8 Å². The van der Waals surface area contributed by atoms with Crippen LogP contribution in [-0.2, 0) is 0 Å². The maximum atomic E-state index is 10.3.